The Morgan fingerprint density at radius 3 is 2.34 bits per heavy atom. The van der Waals surface area contributed by atoms with Gasteiger partial charge in [-0.2, -0.15) is 0 Å². The number of anilines is 2. The van der Waals surface area contributed by atoms with Crippen molar-refractivity contribution in [3.05, 3.63) is 88.4 Å². The lowest BCUT2D eigenvalue weighted by molar-refractivity contribution is 0.102. The van der Waals surface area contributed by atoms with Gasteiger partial charge in [-0.3, -0.25) is 9.10 Å². The highest BCUT2D eigenvalue weighted by Crippen LogP contribution is 2.25. The van der Waals surface area contributed by atoms with E-state index >= 15 is 0 Å². The Labute approximate surface area is 175 Å². The van der Waals surface area contributed by atoms with E-state index in [-0.39, 0.29) is 16.1 Å². The van der Waals surface area contributed by atoms with Gasteiger partial charge in [-0.05, 0) is 54.6 Å². The average molecular weight is 481 g/mol. The largest absolute Gasteiger partial charge is 0.319 e. The number of halogens is 3. The molecule has 0 atom stereocenters. The number of benzene rings is 3. The summed E-state index contributed by atoms with van der Waals surface area (Å²) < 4.78 is 54.5. The zero-order valence-corrected chi connectivity index (χ0v) is 17.5. The van der Waals surface area contributed by atoms with E-state index in [0.717, 1.165) is 20.9 Å². The molecule has 0 bridgehead atoms. The lowest BCUT2D eigenvalue weighted by atomic mass is 10.2. The van der Waals surface area contributed by atoms with Crippen LogP contribution in [0.5, 0.6) is 0 Å². The van der Waals surface area contributed by atoms with Crippen LogP contribution in [-0.4, -0.2) is 21.4 Å². The molecule has 0 saturated carbocycles. The number of amides is 1. The first-order valence-electron chi connectivity index (χ1n) is 8.29. The Balaban J connectivity index is 1.87. The summed E-state index contributed by atoms with van der Waals surface area (Å²) in [5.74, 6) is -2.43. The van der Waals surface area contributed by atoms with Crippen LogP contribution in [-0.2, 0) is 10.0 Å². The molecule has 0 saturated heterocycles. The number of rotatable bonds is 5. The van der Waals surface area contributed by atoms with Crippen molar-refractivity contribution in [2.75, 3.05) is 16.7 Å². The van der Waals surface area contributed by atoms with Crippen molar-refractivity contribution in [1.82, 2.24) is 0 Å². The molecule has 150 valence electrons. The molecule has 0 aliphatic carbocycles. The van der Waals surface area contributed by atoms with Crippen LogP contribution in [0.3, 0.4) is 0 Å². The standard InChI is InChI=1S/C20H15BrF2N2O3S/c1-25(16-8-5-14(21)6-9-16)29(27,28)17-4-2-3-13(11-17)20(26)24-19-10-7-15(22)12-18(19)23/h2-12H,1H3,(H,24,26). The van der Waals surface area contributed by atoms with Crippen molar-refractivity contribution in [1.29, 1.82) is 0 Å². The van der Waals surface area contributed by atoms with Gasteiger partial charge in [0.15, 0.2) is 0 Å². The van der Waals surface area contributed by atoms with Gasteiger partial charge in [0.05, 0.1) is 16.3 Å². The fraction of sp³-hybridized carbons (Fsp3) is 0.0500. The Morgan fingerprint density at radius 2 is 1.69 bits per heavy atom. The third kappa shape index (κ3) is 4.63. The van der Waals surface area contributed by atoms with Crippen LogP contribution in [0.2, 0.25) is 0 Å². The van der Waals surface area contributed by atoms with E-state index in [0.29, 0.717) is 11.8 Å². The molecule has 5 nitrogen and oxygen atoms in total. The van der Waals surface area contributed by atoms with E-state index < -0.39 is 27.6 Å². The highest BCUT2D eigenvalue weighted by Gasteiger charge is 2.22. The lowest BCUT2D eigenvalue weighted by Crippen LogP contribution is -2.26. The second kappa shape index (κ2) is 8.30. The Morgan fingerprint density at radius 1 is 1.00 bits per heavy atom. The predicted octanol–water partition coefficient (Wildman–Crippen LogP) is 4.80. The summed E-state index contributed by atoms with van der Waals surface area (Å²) in [5, 5.41) is 2.31. The number of carbonyl (C=O) groups excluding carboxylic acids is 1. The summed E-state index contributed by atoms with van der Waals surface area (Å²) >= 11 is 3.29. The molecule has 3 aromatic carbocycles. The van der Waals surface area contributed by atoms with Crippen molar-refractivity contribution in [3.63, 3.8) is 0 Å². The van der Waals surface area contributed by atoms with Gasteiger partial charge in [-0.15, -0.1) is 0 Å². The fourth-order valence-corrected chi connectivity index (χ4v) is 4.04. The van der Waals surface area contributed by atoms with Crippen LogP contribution < -0.4 is 9.62 Å². The number of sulfonamides is 1. The van der Waals surface area contributed by atoms with Crippen LogP contribution in [0.15, 0.2) is 76.1 Å². The Kier molecular flexibility index (Phi) is 5.99. The monoisotopic (exact) mass is 480 g/mol. The summed E-state index contributed by atoms with van der Waals surface area (Å²) in [6.07, 6.45) is 0. The van der Waals surface area contributed by atoms with E-state index in [1.54, 1.807) is 24.3 Å². The zero-order valence-electron chi connectivity index (χ0n) is 15.1. The molecule has 29 heavy (non-hydrogen) atoms. The minimum atomic E-state index is -3.93. The van der Waals surface area contributed by atoms with E-state index in [1.165, 1.54) is 31.3 Å². The van der Waals surface area contributed by atoms with Crippen LogP contribution in [0.1, 0.15) is 10.4 Å². The summed E-state index contributed by atoms with van der Waals surface area (Å²) in [4.78, 5) is 12.3. The summed E-state index contributed by atoms with van der Waals surface area (Å²) in [7, 11) is -2.53. The summed E-state index contributed by atoms with van der Waals surface area (Å²) in [5.41, 5.74) is 0.243. The molecule has 0 radical (unpaired) electrons. The average Bonchev–Trinajstić information content (AvgIpc) is 2.70. The van der Waals surface area contributed by atoms with E-state index in [9.17, 15) is 22.0 Å². The minimum absolute atomic E-state index is 0.0130. The van der Waals surface area contributed by atoms with Crippen molar-refractivity contribution in [3.8, 4) is 0 Å². The first-order valence-corrected chi connectivity index (χ1v) is 10.5. The quantitative estimate of drug-likeness (QED) is 0.569. The van der Waals surface area contributed by atoms with Crippen LogP contribution >= 0.6 is 15.9 Å². The first-order chi connectivity index (χ1) is 13.7. The molecule has 0 aliphatic rings. The number of nitrogens with one attached hydrogen (secondary N) is 1. The molecule has 9 heteroatoms. The van der Waals surface area contributed by atoms with Crippen molar-refractivity contribution >= 4 is 43.2 Å². The van der Waals surface area contributed by atoms with Gasteiger partial charge in [0.25, 0.3) is 15.9 Å². The van der Waals surface area contributed by atoms with E-state index in [1.807, 2.05) is 0 Å². The Bertz CT molecular complexity index is 1170. The van der Waals surface area contributed by atoms with Gasteiger partial charge in [-0.25, -0.2) is 17.2 Å². The van der Waals surface area contributed by atoms with E-state index in [2.05, 4.69) is 21.2 Å². The minimum Gasteiger partial charge on any atom is -0.319 e. The molecular weight excluding hydrogens is 466 g/mol. The second-order valence-corrected chi connectivity index (χ2v) is 8.94. The number of hydrogen-bond donors (Lipinski definition) is 1. The molecule has 1 N–H and O–H groups in total. The zero-order chi connectivity index (χ0) is 21.2. The van der Waals surface area contributed by atoms with Crippen molar-refractivity contribution < 1.29 is 22.0 Å². The number of hydrogen-bond acceptors (Lipinski definition) is 3. The number of carbonyl (C=O) groups is 1. The van der Waals surface area contributed by atoms with Gasteiger partial charge in [-0.1, -0.05) is 22.0 Å². The molecule has 1 amide bonds. The Hall–Kier alpha value is -2.78. The maximum Gasteiger partial charge on any atom is 0.264 e. The SMILES string of the molecule is CN(c1ccc(Br)cc1)S(=O)(=O)c1cccc(C(=O)Nc2ccc(F)cc2F)c1. The maximum absolute atomic E-state index is 13.8. The molecule has 0 fully saturated rings. The highest BCUT2D eigenvalue weighted by atomic mass is 79.9. The smallest absolute Gasteiger partial charge is 0.264 e. The van der Waals surface area contributed by atoms with Gasteiger partial charge in [0.2, 0.25) is 0 Å². The molecule has 3 aromatic rings. The van der Waals surface area contributed by atoms with Gasteiger partial charge >= 0.3 is 0 Å². The predicted molar refractivity (Wildman–Crippen MR) is 110 cm³/mol. The summed E-state index contributed by atoms with van der Waals surface area (Å²) in [6, 6.07) is 14.8. The van der Waals surface area contributed by atoms with Crippen LogP contribution in [0, 0.1) is 11.6 Å². The molecule has 0 spiro atoms. The van der Waals surface area contributed by atoms with Gasteiger partial charge in [0.1, 0.15) is 11.6 Å². The van der Waals surface area contributed by atoms with E-state index in [4.69, 9.17) is 0 Å². The van der Waals surface area contributed by atoms with Crippen molar-refractivity contribution in [2.24, 2.45) is 0 Å². The molecule has 0 aliphatic heterocycles. The van der Waals surface area contributed by atoms with Gasteiger partial charge < -0.3 is 5.32 Å². The van der Waals surface area contributed by atoms with Gasteiger partial charge in [0, 0.05) is 23.2 Å². The van der Waals surface area contributed by atoms with Crippen molar-refractivity contribution in [2.45, 2.75) is 4.90 Å². The van der Waals surface area contributed by atoms with Crippen LogP contribution in [0.4, 0.5) is 20.2 Å². The third-order valence-electron chi connectivity index (χ3n) is 4.12. The lowest BCUT2D eigenvalue weighted by Gasteiger charge is -2.20. The first kappa shape index (κ1) is 20.9. The maximum atomic E-state index is 13.8. The normalized spacial score (nSPS) is 11.2. The number of nitrogens with zero attached hydrogens (tertiary/aromatic N) is 1. The molecular formula is C20H15BrF2N2O3S. The third-order valence-corrected chi connectivity index (χ3v) is 6.43. The molecule has 0 aromatic heterocycles. The molecule has 3 rings (SSSR count). The highest BCUT2D eigenvalue weighted by molar-refractivity contribution is 9.10. The summed E-state index contributed by atoms with van der Waals surface area (Å²) in [6.45, 7) is 0. The molecule has 0 unspecified atom stereocenters. The second-order valence-electron chi connectivity index (χ2n) is 6.06. The topological polar surface area (TPSA) is 66.5 Å². The van der Waals surface area contributed by atoms with Crippen LogP contribution in [0.25, 0.3) is 0 Å². The fourth-order valence-electron chi connectivity index (χ4n) is 2.53. The molecule has 0 heterocycles.